The van der Waals surface area contributed by atoms with Crippen LogP contribution in [0.3, 0.4) is 0 Å². The number of carbonyl (C=O) groups is 7. The third-order valence-electron chi connectivity index (χ3n) is 9.74. The first-order valence-electron chi connectivity index (χ1n) is 17.6. The summed E-state index contributed by atoms with van der Waals surface area (Å²) in [6, 6.07) is -0.184. The zero-order valence-corrected chi connectivity index (χ0v) is 30.0. The normalized spacial score (nSPS) is 18.3. The van der Waals surface area contributed by atoms with Crippen LogP contribution >= 0.6 is 0 Å². The van der Waals surface area contributed by atoms with Crippen LogP contribution in [0.5, 0.6) is 0 Å². The number of carbonyl (C=O) groups excluding carboxylic acids is 6. The first-order valence-corrected chi connectivity index (χ1v) is 17.6. The number of likely N-dealkylation sites (tertiary alicyclic amines) is 1. The van der Waals surface area contributed by atoms with Crippen LogP contribution in [0.1, 0.15) is 65.4 Å². The largest absolute Gasteiger partial charge is 0.480 e. The monoisotopic (exact) mass is 728 g/mol. The SMILES string of the molecule is CC[C@H](C)[C@H](N)C(=O)N[C@@H](CC(N)=O)C(=O)N[C@H](C(=O)N1CCC[C@H]1C(=O)N[C@@H](Cc1c[nH]c2ccccc12)C(=O)N[C@@H](CO)C(=O)O)[C@@H](C)CC. The van der Waals surface area contributed by atoms with E-state index in [-0.39, 0.29) is 25.3 Å². The number of amides is 6. The van der Waals surface area contributed by atoms with Gasteiger partial charge >= 0.3 is 5.97 Å². The molecule has 1 aliphatic rings. The molecule has 17 heteroatoms. The van der Waals surface area contributed by atoms with Crippen molar-refractivity contribution < 1.29 is 43.8 Å². The second kappa shape index (κ2) is 19.0. The number of aromatic amines is 1. The van der Waals surface area contributed by atoms with Gasteiger partial charge in [0.2, 0.25) is 35.4 Å². The number of carboxylic acids is 1. The maximum absolute atomic E-state index is 14.1. The zero-order valence-electron chi connectivity index (χ0n) is 30.0. The van der Waals surface area contributed by atoms with Crippen LogP contribution < -0.4 is 32.7 Å². The highest BCUT2D eigenvalue weighted by Gasteiger charge is 2.41. The zero-order chi connectivity index (χ0) is 38.7. The van der Waals surface area contributed by atoms with Crippen LogP contribution in [0.2, 0.25) is 0 Å². The molecule has 1 aromatic carbocycles. The first kappa shape index (κ1) is 41.4. The van der Waals surface area contributed by atoms with Gasteiger partial charge in [-0.3, -0.25) is 28.8 Å². The molecular weight excluding hydrogens is 676 g/mol. The average Bonchev–Trinajstić information content (AvgIpc) is 3.78. The summed E-state index contributed by atoms with van der Waals surface area (Å²) >= 11 is 0. The van der Waals surface area contributed by atoms with Crippen molar-refractivity contribution in [3.8, 4) is 0 Å². The highest BCUT2D eigenvalue weighted by Crippen LogP contribution is 2.23. The van der Waals surface area contributed by atoms with E-state index in [1.54, 1.807) is 26.1 Å². The molecular formula is C35H52N8O9. The molecule has 6 amide bonds. The van der Waals surface area contributed by atoms with Crippen molar-refractivity contribution in [3.05, 3.63) is 36.0 Å². The molecule has 17 nitrogen and oxygen atoms in total. The summed E-state index contributed by atoms with van der Waals surface area (Å²) in [4.78, 5) is 95.7. The van der Waals surface area contributed by atoms with Gasteiger partial charge in [-0.25, -0.2) is 4.79 Å². The summed E-state index contributed by atoms with van der Waals surface area (Å²) < 4.78 is 0. The third kappa shape index (κ3) is 10.5. The van der Waals surface area contributed by atoms with Gasteiger partial charge in [0.05, 0.1) is 19.1 Å². The summed E-state index contributed by atoms with van der Waals surface area (Å²) in [6.07, 6.45) is 2.80. The summed E-state index contributed by atoms with van der Waals surface area (Å²) in [6.45, 7) is 6.45. The average molecular weight is 729 g/mol. The number of aromatic nitrogens is 1. The van der Waals surface area contributed by atoms with Crippen molar-refractivity contribution in [1.82, 2.24) is 31.2 Å². The van der Waals surface area contributed by atoms with E-state index in [4.69, 9.17) is 11.5 Å². The number of H-pyrrole nitrogens is 1. The Morgan fingerprint density at radius 3 is 2.15 bits per heavy atom. The molecule has 2 heterocycles. The van der Waals surface area contributed by atoms with Crippen molar-refractivity contribution in [2.45, 2.75) is 102 Å². The molecule has 2 aromatic rings. The smallest absolute Gasteiger partial charge is 0.328 e. The van der Waals surface area contributed by atoms with Crippen molar-refractivity contribution in [1.29, 1.82) is 0 Å². The standard InChI is InChI=1S/C35H52N8O9/c1-5-18(3)28(37)33(49)40-24(15-27(36)45)31(47)42-29(19(4)6-2)34(50)43-13-9-12-26(43)32(48)39-23(30(46)41-25(17-44)35(51)52)14-20-16-38-22-11-8-7-10-21(20)22/h7-8,10-11,16,18-19,23-26,28-29,38,44H,5-6,9,12-15,17,37H2,1-4H3,(H2,36,45)(H,39,48)(H,40,49)(H,41,46)(H,42,47)(H,51,52)/t18-,19-,23-,24-,25-,26-,28-,29-/m0/s1. The molecule has 286 valence electrons. The predicted molar refractivity (Wildman–Crippen MR) is 190 cm³/mol. The van der Waals surface area contributed by atoms with Crippen LogP contribution in [0, 0.1) is 11.8 Å². The topological polar surface area (TPSA) is 279 Å². The molecule has 0 saturated carbocycles. The molecule has 1 saturated heterocycles. The maximum Gasteiger partial charge on any atom is 0.328 e. The first-order chi connectivity index (χ1) is 24.6. The van der Waals surface area contributed by atoms with Gasteiger partial charge in [0.25, 0.3) is 0 Å². The molecule has 8 atom stereocenters. The molecule has 0 spiro atoms. The van der Waals surface area contributed by atoms with E-state index in [1.165, 1.54) is 4.90 Å². The summed E-state index contributed by atoms with van der Waals surface area (Å²) in [5.41, 5.74) is 12.9. The fourth-order valence-electron chi connectivity index (χ4n) is 6.06. The molecule has 1 aliphatic heterocycles. The summed E-state index contributed by atoms with van der Waals surface area (Å²) in [7, 11) is 0. The van der Waals surface area contributed by atoms with E-state index >= 15 is 0 Å². The summed E-state index contributed by atoms with van der Waals surface area (Å²) in [5.74, 6) is -6.57. The van der Waals surface area contributed by atoms with Crippen molar-refractivity contribution >= 4 is 52.3 Å². The molecule has 52 heavy (non-hydrogen) atoms. The number of aliphatic hydroxyl groups is 1. The van der Waals surface area contributed by atoms with E-state index in [0.717, 1.165) is 10.9 Å². The van der Waals surface area contributed by atoms with Crippen LogP contribution in [0.15, 0.2) is 30.5 Å². The molecule has 0 radical (unpaired) electrons. The molecule has 0 bridgehead atoms. The fraction of sp³-hybridized carbons (Fsp3) is 0.571. The lowest BCUT2D eigenvalue weighted by molar-refractivity contribution is -0.144. The molecule has 3 rings (SSSR count). The van der Waals surface area contributed by atoms with Crippen molar-refractivity contribution in [3.63, 3.8) is 0 Å². The van der Waals surface area contributed by atoms with Crippen LogP contribution in [0.4, 0.5) is 0 Å². The number of fused-ring (bicyclic) bond motifs is 1. The second-order valence-corrected chi connectivity index (χ2v) is 13.4. The van der Waals surface area contributed by atoms with Gasteiger partial charge in [0, 0.05) is 30.1 Å². The Morgan fingerprint density at radius 2 is 1.54 bits per heavy atom. The quantitative estimate of drug-likeness (QED) is 0.0852. The third-order valence-corrected chi connectivity index (χ3v) is 9.74. The van der Waals surface area contributed by atoms with Gasteiger partial charge in [-0.05, 0) is 36.3 Å². The Morgan fingerprint density at radius 1 is 0.904 bits per heavy atom. The predicted octanol–water partition coefficient (Wildman–Crippen LogP) is -0.988. The number of benzene rings is 1. The number of hydrogen-bond acceptors (Lipinski definition) is 9. The number of aliphatic hydroxyl groups excluding tert-OH is 1. The minimum atomic E-state index is -1.62. The lowest BCUT2D eigenvalue weighted by Crippen LogP contribution is -2.61. The second-order valence-electron chi connectivity index (χ2n) is 13.4. The molecule has 0 unspecified atom stereocenters. The number of nitrogens with zero attached hydrogens (tertiary/aromatic N) is 1. The number of aliphatic carboxylic acids is 1. The van der Waals surface area contributed by atoms with Crippen molar-refractivity contribution in [2.24, 2.45) is 23.3 Å². The van der Waals surface area contributed by atoms with Gasteiger partial charge in [0.15, 0.2) is 0 Å². The number of para-hydroxylation sites is 1. The minimum absolute atomic E-state index is 0.0424. The lowest BCUT2D eigenvalue weighted by atomic mass is 9.96. The summed E-state index contributed by atoms with van der Waals surface area (Å²) in [5, 5.41) is 29.8. The number of hydrogen-bond donors (Lipinski definition) is 9. The van der Waals surface area contributed by atoms with Crippen LogP contribution in [-0.4, -0.2) is 111 Å². The Hall–Kier alpha value is -5.03. The van der Waals surface area contributed by atoms with E-state index in [9.17, 15) is 43.8 Å². The minimum Gasteiger partial charge on any atom is -0.480 e. The maximum atomic E-state index is 14.1. The van der Waals surface area contributed by atoms with Crippen LogP contribution in [0.25, 0.3) is 10.9 Å². The molecule has 1 fully saturated rings. The Bertz CT molecular complexity index is 1610. The molecule has 0 aliphatic carbocycles. The van der Waals surface area contributed by atoms with E-state index in [1.807, 2.05) is 32.0 Å². The van der Waals surface area contributed by atoms with E-state index in [2.05, 4.69) is 26.3 Å². The lowest BCUT2D eigenvalue weighted by Gasteiger charge is -2.33. The number of carboxylic acid groups (broad SMARTS) is 1. The Labute approximate surface area is 302 Å². The van der Waals surface area contributed by atoms with Crippen LogP contribution in [-0.2, 0) is 40.0 Å². The highest BCUT2D eigenvalue weighted by atomic mass is 16.4. The Balaban J connectivity index is 1.85. The van der Waals surface area contributed by atoms with Gasteiger partial charge in [-0.2, -0.15) is 0 Å². The number of nitrogens with two attached hydrogens (primary N) is 2. The molecule has 1 aromatic heterocycles. The Kier molecular flexibility index (Phi) is 15.1. The molecule has 11 N–H and O–H groups in total. The fourth-order valence-corrected chi connectivity index (χ4v) is 6.06. The number of primary amides is 1. The van der Waals surface area contributed by atoms with Gasteiger partial charge < -0.3 is 52.8 Å². The number of nitrogens with one attached hydrogen (secondary N) is 5. The van der Waals surface area contributed by atoms with Gasteiger partial charge in [-0.1, -0.05) is 58.7 Å². The van der Waals surface area contributed by atoms with Crippen molar-refractivity contribution in [2.75, 3.05) is 13.2 Å². The highest BCUT2D eigenvalue weighted by molar-refractivity contribution is 5.98. The van der Waals surface area contributed by atoms with Gasteiger partial charge in [-0.15, -0.1) is 0 Å². The van der Waals surface area contributed by atoms with E-state index in [0.29, 0.717) is 24.8 Å². The van der Waals surface area contributed by atoms with E-state index < -0.39 is 96.6 Å². The number of rotatable bonds is 19. The van der Waals surface area contributed by atoms with Gasteiger partial charge in [0.1, 0.15) is 30.2 Å².